The summed E-state index contributed by atoms with van der Waals surface area (Å²) in [7, 11) is 0. The molecule has 1 aromatic heterocycles. The highest BCUT2D eigenvalue weighted by atomic mass is 16.4. The molecule has 0 aliphatic heterocycles. The van der Waals surface area contributed by atoms with Gasteiger partial charge in [0.25, 0.3) is 5.91 Å². The number of aromatic nitrogens is 2. The van der Waals surface area contributed by atoms with Crippen molar-refractivity contribution in [2.45, 2.75) is 52.0 Å². The third kappa shape index (κ3) is 4.23. The molecule has 1 aliphatic carbocycles. The highest BCUT2D eigenvalue weighted by Gasteiger charge is 2.22. The van der Waals surface area contributed by atoms with Gasteiger partial charge in [0.1, 0.15) is 0 Å². The van der Waals surface area contributed by atoms with Crippen LogP contribution in [-0.2, 0) is 4.79 Å². The summed E-state index contributed by atoms with van der Waals surface area (Å²) in [5.74, 6) is -1.61. The number of fused-ring (bicyclic) bond motifs is 1. The van der Waals surface area contributed by atoms with Gasteiger partial charge in [-0.1, -0.05) is 26.7 Å². The molecule has 7 nitrogen and oxygen atoms in total. The van der Waals surface area contributed by atoms with Gasteiger partial charge in [-0.2, -0.15) is 0 Å². The summed E-state index contributed by atoms with van der Waals surface area (Å²) in [6, 6.07) is 5.37. The number of carboxylic acid groups (broad SMARTS) is 1. The molecule has 1 saturated carbocycles. The third-order valence-corrected chi connectivity index (χ3v) is 5.28. The summed E-state index contributed by atoms with van der Waals surface area (Å²) >= 11 is 0. The number of nitrogens with zero attached hydrogens (tertiary/aromatic N) is 1. The van der Waals surface area contributed by atoms with Gasteiger partial charge in [-0.3, -0.25) is 14.2 Å². The van der Waals surface area contributed by atoms with E-state index in [1.807, 2.05) is 13.8 Å². The molecule has 0 bridgehead atoms. The number of hydrogen-bond acceptors (Lipinski definition) is 3. The van der Waals surface area contributed by atoms with E-state index >= 15 is 0 Å². The van der Waals surface area contributed by atoms with Crippen molar-refractivity contribution in [1.82, 2.24) is 14.9 Å². The molecule has 146 valence electrons. The van der Waals surface area contributed by atoms with Crippen molar-refractivity contribution in [3.63, 3.8) is 0 Å². The Labute approximate surface area is 157 Å². The zero-order valence-corrected chi connectivity index (χ0v) is 15.8. The van der Waals surface area contributed by atoms with E-state index in [0.717, 1.165) is 31.2 Å². The molecule has 3 N–H and O–H groups in total. The van der Waals surface area contributed by atoms with Crippen LogP contribution < -0.4 is 11.0 Å². The van der Waals surface area contributed by atoms with Crippen molar-refractivity contribution in [2.75, 3.05) is 6.54 Å². The fraction of sp³-hybridized carbons (Fsp3) is 0.550. The van der Waals surface area contributed by atoms with Crippen LogP contribution in [0.3, 0.4) is 0 Å². The third-order valence-electron chi connectivity index (χ3n) is 5.28. The summed E-state index contributed by atoms with van der Waals surface area (Å²) in [5, 5.41) is 12.0. The molecule has 2 aromatic rings. The van der Waals surface area contributed by atoms with Crippen LogP contribution in [0.25, 0.3) is 11.0 Å². The van der Waals surface area contributed by atoms with Gasteiger partial charge in [0, 0.05) is 18.2 Å². The summed E-state index contributed by atoms with van der Waals surface area (Å²) in [6.07, 6.45) is 4.77. The molecule has 1 fully saturated rings. The minimum absolute atomic E-state index is 0.0873. The minimum Gasteiger partial charge on any atom is -0.481 e. The summed E-state index contributed by atoms with van der Waals surface area (Å²) in [6.45, 7) is 4.00. The Morgan fingerprint density at radius 3 is 2.63 bits per heavy atom. The van der Waals surface area contributed by atoms with Crippen molar-refractivity contribution in [3.8, 4) is 0 Å². The quantitative estimate of drug-likeness (QED) is 0.694. The van der Waals surface area contributed by atoms with Gasteiger partial charge in [-0.05, 0) is 43.4 Å². The van der Waals surface area contributed by atoms with Gasteiger partial charge in [-0.25, -0.2) is 4.79 Å². The van der Waals surface area contributed by atoms with Crippen molar-refractivity contribution in [2.24, 2.45) is 11.8 Å². The van der Waals surface area contributed by atoms with E-state index in [2.05, 4.69) is 10.3 Å². The lowest BCUT2D eigenvalue weighted by molar-refractivity contribution is -0.142. The van der Waals surface area contributed by atoms with Crippen molar-refractivity contribution in [1.29, 1.82) is 0 Å². The fourth-order valence-corrected chi connectivity index (χ4v) is 3.96. The Hall–Kier alpha value is -2.57. The van der Waals surface area contributed by atoms with Crippen LogP contribution in [0.15, 0.2) is 23.0 Å². The Morgan fingerprint density at radius 1 is 1.30 bits per heavy atom. The first-order valence-electron chi connectivity index (χ1n) is 9.62. The summed E-state index contributed by atoms with van der Waals surface area (Å²) in [5.41, 5.74) is 1.72. The number of carbonyl (C=O) groups excluding carboxylic acids is 1. The van der Waals surface area contributed by atoms with E-state index in [0.29, 0.717) is 17.5 Å². The monoisotopic (exact) mass is 373 g/mol. The average Bonchev–Trinajstić information content (AvgIpc) is 3.23. The van der Waals surface area contributed by atoms with Crippen LogP contribution in [0, 0.1) is 11.8 Å². The average molecular weight is 373 g/mol. The van der Waals surface area contributed by atoms with E-state index < -0.39 is 11.9 Å². The lowest BCUT2D eigenvalue weighted by Crippen LogP contribution is -2.33. The second-order valence-corrected chi connectivity index (χ2v) is 7.85. The zero-order chi connectivity index (χ0) is 19.6. The SMILES string of the molecule is CC(C)CC(CNC(=O)c1ccc2c(c1)[nH]c(=O)n2C1CCCC1)C(=O)O. The van der Waals surface area contributed by atoms with Gasteiger partial charge in [0.15, 0.2) is 0 Å². The number of H-pyrrole nitrogens is 1. The minimum atomic E-state index is -0.905. The van der Waals surface area contributed by atoms with Gasteiger partial charge in [0.05, 0.1) is 17.0 Å². The highest BCUT2D eigenvalue weighted by molar-refractivity contribution is 5.97. The molecule has 0 spiro atoms. The molecule has 1 unspecified atom stereocenters. The van der Waals surface area contributed by atoms with Gasteiger partial charge in [0.2, 0.25) is 0 Å². The van der Waals surface area contributed by atoms with Crippen LogP contribution in [-0.4, -0.2) is 33.1 Å². The molecule has 1 heterocycles. The molecule has 27 heavy (non-hydrogen) atoms. The number of amides is 1. The standard InChI is InChI=1S/C20H27N3O4/c1-12(2)9-14(19(25)26)11-21-18(24)13-7-8-17-16(10-13)22-20(27)23(17)15-5-3-4-6-15/h7-8,10,12,14-15H,3-6,9,11H2,1-2H3,(H,21,24)(H,22,27)(H,25,26). The van der Waals surface area contributed by atoms with Crippen LogP contribution >= 0.6 is 0 Å². The first-order valence-corrected chi connectivity index (χ1v) is 9.62. The summed E-state index contributed by atoms with van der Waals surface area (Å²) < 4.78 is 1.80. The number of hydrogen-bond donors (Lipinski definition) is 3. The van der Waals surface area contributed by atoms with E-state index in [-0.39, 0.29) is 30.1 Å². The largest absolute Gasteiger partial charge is 0.481 e. The van der Waals surface area contributed by atoms with Crippen LogP contribution in [0.1, 0.15) is 62.4 Å². The van der Waals surface area contributed by atoms with Crippen molar-refractivity contribution in [3.05, 3.63) is 34.2 Å². The zero-order valence-electron chi connectivity index (χ0n) is 15.8. The molecule has 1 aromatic carbocycles. The maximum Gasteiger partial charge on any atom is 0.326 e. The number of rotatable bonds is 7. The lowest BCUT2D eigenvalue weighted by Gasteiger charge is -2.15. The van der Waals surface area contributed by atoms with Crippen LogP contribution in [0.2, 0.25) is 0 Å². The number of nitrogens with one attached hydrogen (secondary N) is 2. The number of aromatic amines is 1. The maximum atomic E-state index is 12.4. The lowest BCUT2D eigenvalue weighted by atomic mass is 9.97. The van der Waals surface area contributed by atoms with Gasteiger partial charge < -0.3 is 15.4 Å². The van der Waals surface area contributed by atoms with Crippen molar-refractivity contribution < 1.29 is 14.7 Å². The smallest absolute Gasteiger partial charge is 0.326 e. The van der Waals surface area contributed by atoms with E-state index in [1.165, 1.54) is 0 Å². The molecule has 0 radical (unpaired) electrons. The Balaban J connectivity index is 1.76. The number of aliphatic carboxylic acids is 1. The topological polar surface area (TPSA) is 104 Å². The predicted molar refractivity (Wildman–Crippen MR) is 103 cm³/mol. The first kappa shape index (κ1) is 19.2. The highest BCUT2D eigenvalue weighted by Crippen LogP contribution is 2.30. The Morgan fingerprint density at radius 2 is 2.00 bits per heavy atom. The Bertz CT molecular complexity index is 890. The van der Waals surface area contributed by atoms with Crippen LogP contribution in [0.5, 0.6) is 0 Å². The molecule has 3 rings (SSSR count). The van der Waals surface area contributed by atoms with E-state index in [4.69, 9.17) is 0 Å². The molecule has 1 aliphatic rings. The number of carbonyl (C=O) groups is 2. The molecule has 1 amide bonds. The predicted octanol–water partition coefficient (Wildman–Crippen LogP) is 2.92. The normalized spacial score (nSPS) is 16.1. The molecule has 1 atom stereocenters. The second kappa shape index (κ2) is 7.98. The van der Waals surface area contributed by atoms with E-state index in [1.54, 1.807) is 22.8 Å². The number of carboxylic acids is 1. The first-order chi connectivity index (χ1) is 12.9. The fourth-order valence-electron chi connectivity index (χ4n) is 3.96. The molecular weight excluding hydrogens is 346 g/mol. The van der Waals surface area contributed by atoms with Crippen LogP contribution in [0.4, 0.5) is 0 Å². The number of imidazole rings is 1. The second-order valence-electron chi connectivity index (χ2n) is 7.85. The molecule has 0 saturated heterocycles. The molecule has 7 heteroatoms. The molecular formula is C20H27N3O4. The van der Waals surface area contributed by atoms with E-state index in [9.17, 15) is 19.5 Å². The van der Waals surface area contributed by atoms with Gasteiger partial charge in [-0.15, -0.1) is 0 Å². The maximum absolute atomic E-state index is 12.4. The Kier molecular flexibility index (Phi) is 5.68. The van der Waals surface area contributed by atoms with Crippen molar-refractivity contribution >= 4 is 22.9 Å². The number of benzene rings is 1. The van der Waals surface area contributed by atoms with Gasteiger partial charge >= 0.3 is 11.7 Å². The summed E-state index contributed by atoms with van der Waals surface area (Å²) in [4.78, 5) is 39.0.